The Kier molecular flexibility index (Phi) is 5.30. The first kappa shape index (κ1) is 15.5. The number of aromatic nitrogens is 2. The van der Waals surface area contributed by atoms with Gasteiger partial charge in [0.1, 0.15) is 6.20 Å². The van der Waals surface area contributed by atoms with E-state index >= 15 is 0 Å². The van der Waals surface area contributed by atoms with Gasteiger partial charge in [0.25, 0.3) is 0 Å². The lowest BCUT2D eigenvalue weighted by Crippen LogP contribution is -2.18. The van der Waals surface area contributed by atoms with Gasteiger partial charge in [-0.05, 0) is 24.7 Å². The molecule has 1 fully saturated rings. The zero-order chi connectivity index (χ0) is 15.2. The molecule has 116 valence electrons. The minimum Gasteiger partial charge on any atom is -0.364 e. The third-order valence-corrected chi connectivity index (χ3v) is 4.07. The van der Waals surface area contributed by atoms with Crippen molar-refractivity contribution in [3.8, 4) is 0 Å². The van der Waals surface area contributed by atoms with E-state index < -0.39 is 4.92 Å². The Morgan fingerprint density at radius 2 is 2.24 bits per heavy atom. The van der Waals surface area contributed by atoms with Crippen LogP contribution in [0.1, 0.15) is 39.5 Å². The fourth-order valence-corrected chi connectivity index (χ4v) is 2.71. The molecule has 2 rings (SSSR count). The first-order chi connectivity index (χ1) is 10.1. The summed E-state index contributed by atoms with van der Waals surface area (Å²) in [5.41, 5.74) is -0.0669. The average Bonchev–Trinajstić information content (AvgIpc) is 2.88. The van der Waals surface area contributed by atoms with Crippen molar-refractivity contribution in [1.82, 2.24) is 9.97 Å². The molecular weight excluding hydrogens is 270 g/mol. The zero-order valence-electron chi connectivity index (χ0n) is 12.6. The van der Waals surface area contributed by atoms with Gasteiger partial charge < -0.3 is 10.6 Å². The molecule has 1 saturated carbocycles. The van der Waals surface area contributed by atoms with Crippen LogP contribution in [0.25, 0.3) is 0 Å². The first-order valence-corrected chi connectivity index (χ1v) is 7.61. The number of nitro groups is 1. The Morgan fingerprint density at radius 3 is 2.86 bits per heavy atom. The van der Waals surface area contributed by atoms with E-state index in [1.807, 2.05) is 6.92 Å². The second-order valence-electron chi connectivity index (χ2n) is 5.66. The lowest BCUT2D eigenvalue weighted by Gasteiger charge is -2.16. The molecule has 1 aromatic heterocycles. The maximum absolute atomic E-state index is 11.1. The number of hydrogen-bond acceptors (Lipinski definition) is 6. The van der Waals surface area contributed by atoms with E-state index in [-0.39, 0.29) is 5.69 Å². The number of nitrogens with zero attached hydrogens (tertiary/aromatic N) is 3. The SMILES string of the molecule is CCCNc1ncc([N+](=O)[O-])c(NCC2CCCC2C)n1. The maximum Gasteiger partial charge on any atom is 0.329 e. The van der Waals surface area contributed by atoms with Crippen molar-refractivity contribution in [3.63, 3.8) is 0 Å². The summed E-state index contributed by atoms with van der Waals surface area (Å²) in [4.78, 5) is 18.9. The second kappa shape index (κ2) is 7.19. The van der Waals surface area contributed by atoms with Gasteiger partial charge in [-0.1, -0.05) is 26.7 Å². The van der Waals surface area contributed by atoms with Crippen LogP contribution in [0, 0.1) is 22.0 Å². The Balaban J connectivity index is 2.08. The predicted molar refractivity (Wildman–Crippen MR) is 82.5 cm³/mol. The monoisotopic (exact) mass is 293 g/mol. The van der Waals surface area contributed by atoms with Crippen LogP contribution < -0.4 is 10.6 Å². The molecule has 0 amide bonds. The van der Waals surface area contributed by atoms with Crippen molar-refractivity contribution in [3.05, 3.63) is 16.3 Å². The molecule has 2 atom stereocenters. The van der Waals surface area contributed by atoms with Crippen LogP contribution in [0.3, 0.4) is 0 Å². The first-order valence-electron chi connectivity index (χ1n) is 7.61. The van der Waals surface area contributed by atoms with Gasteiger partial charge in [0.05, 0.1) is 4.92 Å². The highest BCUT2D eigenvalue weighted by Crippen LogP contribution is 2.32. The molecule has 0 saturated heterocycles. The van der Waals surface area contributed by atoms with Gasteiger partial charge >= 0.3 is 5.69 Å². The quantitative estimate of drug-likeness (QED) is 0.593. The summed E-state index contributed by atoms with van der Waals surface area (Å²) in [6.07, 6.45) is 5.87. The minimum atomic E-state index is -0.440. The predicted octanol–water partition coefficient (Wildman–Crippen LogP) is 3.05. The average molecular weight is 293 g/mol. The molecule has 2 N–H and O–H groups in total. The van der Waals surface area contributed by atoms with Crippen molar-refractivity contribution < 1.29 is 4.92 Å². The Hall–Kier alpha value is -1.92. The van der Waals surface area contributed by atoms with E-state index in [1.165, 1.54) is 25.5 Å². The van der Waals surface area contributed by atoms with Crippen molar-refractivity contribution >= 4 is 17.5 Å². The molecule has 0 bridgehead atoms. The molecule has 0 spiro atoms. The molecule has 7 nitrogen and oxygen atoms in total. The summed E-state index contributed by atoms with van der Waals surface area (Å²) in [6, 6.07) is 0. The van der Waals surface area contributed by atoms with Crippen molar-refractivity contribution in [1.29, 1.82) is 0 Å². The van der Waals surface area contributed by atoms with E-state index in [2.05, 4.69) is 27.5 Å². The topological polar surface area (TPSA) is 93.0 Å². The summed E-state index contributed by atoms with van der Waals surface area (Å²) in [5.74, 6) is 1.97. The Morgan fingerprint density at radius 1 is 1.43 bits per heavy atom. The molecule has 0 radical (unpaired) electrons. The van der Waals surface area contributed by atoms with Crippen molar-refractivity contribution in [2.24, 2.45) is 11.8 Å². The third kappa shape index (κ3) is 4.03. The number of hydrogen-bond donors (Lipinski definition) is 2. The molecule has 0 aliphatic heterocycles. The molecule has 2 unspecified atom stereocenters. The second-order valence-corrected chi connectivity index (χ2v) is 5.66. The van der Waals surface area contributed by atoms with Crippen LogP contribution >= 0.6 is 0 Å². The minimum absolute atomic E-state index is 0.0669. The normalized spacial score (nSPS) is 21.2. The summed E-state index contributed by atoms with van der Waals surface area (Å²) in [6.45, 7) is 5.75. The standard InChI is InChI=1S/C14H23N5O2/c1-3-7-15-14-17-9-12(19(20)21)13(18-14)16-8-11-6-4-5-10(11)2/h9-11H,3-8H2,1-2H3,(H2,15,16,17,18). The van der Waals surface area contributed by atoms with Gasteiger partial charge in [0.2, 0.25) is 11.8 Å². The van der Waals surface area contributed by atoms with Gasteiger partial charge in [-0.15, -0.1) is 0 Å². The van der Waals surface area contributed by atoms with Crippen LogP contribution in [0.5, 0.6) is 0 Å². The van der Waals surface area contributed by atoms with E-state index in [9.17, 15) is 10.1 Å². The fraction of sp³-hybridized carbons (Fsp3) is 0.714. The molecule has 1 aliphatic rings. The summed E-state index contributed by atoms with van der Waals surface area (Å²) in [5, 5.41) is 17.3. The van der Waals surface area contributed by atoms with Crippen molar-refractivity contribution in [2.45, 2.75) is 39.5 Å². The van der Waals surface area contributed by atoms with Gasteiger partial charge in [-0.2, -0.15) is 4.98 Å². The molecule has 0 aromatic carbocycles. The Labute approximate surface area is 124 Å². The molecule has 1 aliphatic carbocycles. The molecule has 1 heterocycles. The maximum atomic E-state index is 11.1. The largest absolute Gasteiger partial charge is 0.364 e. The van der Waals surface area contributed by atoms with Gasteiger partial charge in [0, 0.05) is 13.1 Å². The van der Waals surface area contributed by atoms with Gasteiger partial charge in [-0.3, -0.25) is 10.1 Å². The lowest BCUT2D eigenvalue weighted by molar-refractivity contribution is -0.384. The van der Waals surface area contributed by atoms with E-state index in [4.69, 9.17) is 0 Å². The number of rotatable bonds is 7. The molecule has 21 heavy (non-hydrogen) atoms. The highest BCUT2D eigenvalue weighted by molar-refractivity contribution is 5.56. The highest BCUT2D eigenvalue weighted by atomic mass is 16.6. The van der Waals surface area contributed by atoms with Crippen LogP contribution in [-0.2, 0) is 0 Å². The molecule has 7 heteroatoms. The van der Waals surface area contributed by atoms with Crippen LogP contribution in [0.4, 0.5) is 17.5 Å². The third-order valence-electron chi connectivity index (χ3n) is 4.07. The zero-order valence-corrected chi connectivity index (χ0v) is 12.6. The summed E-state index contributed by atoms with van der Waals surface area (Å²) >= 11 is 0. The van der Waals surface area contributed by atoms with E-state index in [0.29, 0.717) is 23.6 Å². The number of anilines is 2. The van der Waals surface area contributed by atoms with Crippen LogP contribution in [0.15, 0.2) is 6.20 Å². The molecular formula is C14H23N5O2. The van der Waals surface area contributed by atoms with E-state index in [1.54, 1.807) is 0 Å². The van der Waals surface area contributed by atoms with Crippen molar-refractivity contribution in [2.75, 3.05) is 23.7 Å². The fourth-order valence-electron chi connectivity index (χ4n) is 2.71. The Bertz CT molecular complexity index is 494. The van der Waals surface area contributed by atoms with Crippen LogP contribution in [-0.4, -0.2) is 28.0 Å². The smallest absolute Gasteiger partial charge is 0.329 e. The van der Waals surface area contributed by atoms with E-state index in [0.717, 1.165) is 19.5 Å². The summed E-state index contributed by atoms with van der Waals surface area (Å²) in [7, 11) is 0. The molecule has 1 aromatic rings. The lowest BCUT2D eigenvalue weighted by atomic mass is 9.98. The number of nitrogens with one attached hydrogen (secondary N) is 2. The highest BCUT2D eigenvalue weighted by Gasteiger charge is 2.25. The summed E-state index contributed by atoms with van der Waals surface area (Å²) < 4.78 is 0. The van der Waals surface area contributed by atoms with Crippen LogP contribution in [0.2, 0.25) is 0 Å². The van der Waals surface area contributed by atoms with Gasteiger partial charge in [-0.25, -0.2) is 4.98 Å². The van der Waals surface area contributed by atoms with Gasteiger partial charge in [0.15, 0.2) is 0 Å².